The minimum atomic E-state index is -0.0441. The second-order valence-electron chi connectivity index (χ2n) is 7.18. The van der Waals surface area contributed by atoms with E-state index in [1.807, 2.05) is 6.07 Å². The van der Waals surface area contributed by atoms with Gasteiger partial charge < -0.3 is 10.1 Å². The molecule has 2 aromatic rings. The lowest BCUT2D eigenvalue weighted by Crippen LogP contribution is -2.44. The number of carbonyl (C=O) groups is 1. The number of rotatable bonds is 6. The first kappa shape index (κ1) is 17.2. The number of amides is 1. The van der Waals surface area contributed by atoms with Crippen molar-refractivity contribution in [2.24, 2.45) is 0 Å². The minimum absolute atomic E-state index is 0.0336. The maximum atomic E-state index is 12.3. The lowest BCUT2D eigenvalue weighted by atomic mass is 10.1. The zero-order chi connectivity index (χ0) is 17.8. The summed E-state index contributed by atoms with van der Waals surface area (Å²) >= 11 is 0. The maximum Gasteiger partial charge on any atom is 0.222 e. The van der Waals surface area contributed by atoms with Crippen LogP contribution < -0.4 is 5.32 Å². The Morgan fingerprint density at radius 1 is 1.31 bits per heavy atom. The number of aryl methyl sites for hydroxylation is 1. The minimum Gasteiger partial charge on any atom is -0.375 e. The maximum absolute atomic E-state index is 12.3. The fraction of sp³-hybridized carbons (Fsp3) is 0.500. The number of nitrogens with zero attached hydrogens (tertiary/aromatic N) is 2. The topological polar surface area (TPSA) is 70.2 Å². The van der Waals surface area contributed by atoms with Crippen LogP contribution in [0.5, 0.6) is 0 Å². The first-order valence-electron chi connectivity index (χ1n) is 9.47. The molecule has 6 nitrogen and oxygen atoms in total. The summed E-state index contributed by atoms with van der Waals surface area (Å²) in [6.07, 6.45) is 3.67. The van der Waals surface area contributed by atoms with Gasteiger partial charge in [0, 0.05) is 25.3 Å². The zero-order valence-electron chi connectivity index (χ0n) is 15.0. The van der Waals surface area contributed by atoms with Gasteiger partial charge in [-0.25, -0.2) is 0 Å². The number of nitrogens with one attached hydrogen (secondary N) is 2. The number of morpholine rings is 1. The molecule has 0 bridgehead atoms. The van der Waals surface area contributed by atoms with E-state index in [-0.39, 0.29) is 12.0 Å². The number of benzene rings is 1. The van der Waals surface area contributed by atoms with Crippen LogP contribution in [0.1, 0.15) is 35.4 Å². The van der Waals surface area contributed by atoms with Crippen LogP contribution >= 0.6 is 0 Å². The number of aromatic nitrogens is 2. The molecule has 6 heteroatoms. The van der Waals surface area contributed by atoms with Crippen LogP contribution in [-0.2, 0) is 35.5 Å². The van der Waals surface area contributed by atoms with Gasteiger partial charge in [0.25, 0.3) is 0 Å². The van der Waals surface area contributed by atoms with Crippen LogP contribution in [0.4, 0.5) is 0 Å². The van der Waals surface area contributed by atoms with Crippen molar-refractivity contribution in [3.8, 4) is 0 Å². The van der Waals surface area contributed by atoms with Crippen molar-refractivity contribution in [1.29, 1.82) is 0 Å². The molecule has 1 aliphatic heterocycles. The van der Waals surface area contributed by atoms with Crippen molar-refractivity contribution in [3.05, 3.63) is 52.8 Å². The summed E-state index contributed by atoms with van der Waals surface area (Å²) in [5.41, 5.74) is 4.82. The van der Waals surface area contributed by atoms with Gasteiger partial charge in [0.2, 0.25) is 5.91 Å². The molecule has 1 fully saturated rings. The van der Waals surface area contributed by atoms with E-state index in [1.165, 1.54) is 23.2 Å². The Balaban J connectivity index is 1.24. The van der Waals surface area contributed by atoms with Crippen LogP contribution in [0.3, 0.4) is 0 Å². The molecule has 1 amide bonds. The summed E-state index contributed by atoms with van der Waals surface area (Å²) in [6.45, 7) is 3.79. The Bertz CT molecular complexity index is 744. The number of ether oxygens (including phenoxy) is 1. The standard InChI is InChI=1S/C20H26N4O2/c25-20(21-12-19-17-7-4-8-18(17)22-23-19)11-16-14-24(9-10-26-16)13-15-5-2-1-3-6-15/h1-3,5-6,16H,4,7-14H2,(H,21,25)(H,22,23). The van der Waals surface area contributed by atoms with E-state index in [4.69, 9.17) is 4.74 Å². The Morgan fingerprint density at radius 3 is 3.08 bits per heavy atom. The largest absolute Gasteiger partial charge is 0.375 e. The van der Waals surface area contributed by atoms with Crippen molar-refractivity contribution in [2.75, 3.05) is 19.7 Å². The van der Waals surface area contributed by atoms with Gasteiger partial charge in [-0.05, 0) is 30.4 Å². The van der Waals surface area contributed by atoms with Gasteiger partial charge in [-0.2, -0.15) is 5.10 Å². The second-order valence-corrected chi connectivity index (χ2v) is 7.18. The summed E-state index contributed by atoms with van der Waals surface area (Å²) in [7, 11) is 0. The van der Waals surface area contributed by atoms with Crippen molar-refractivity contribution in [1.82, 2.24) is 20.4 Å². The Hall–Kier alpha value is -2.18. The van der Waals surface area contributed by atoms with Crippen molar-refractivity contribution >= 4 is 5.91 Å². The van der Waals surface area contributed by atoms with Gasteiger partial charge in [0.05, 0.1) is 31.4 Å². The van der Waals surface area contributed by atoms with Gasteiger partial charge >= 0.3 is 0 Å². The zero-order valence-corrected chi connectivity index (χ0v) is 15.0. The highest BCUT2D eigenvalue weighted by Gasteiger charge is 2.24. The molecule has 138 valence electrons. The molecule has 2 heterocycles. The number of H-pyrrole nitrogens is 1. The van der Waals surface area contributed by atoms with Crippen LogP contribution in [0, 0.1) is 0 Å². The molecule has 1 aromatic heterocycles. The SMILES string of the molecule is O=C(CC1CN(Cc2ccccc2)CCO1)NCc1n[nH]c2c1CCC2. The number of carbonyl (C=O) groups excluding carboxylic acids is 1. The molecular weight excluding hydrogens is 328 g/mol. The van der Waals surface area contributed by atoms with E-state index in [9.17, 15) is 4.79 Å². The first-order valence-corrected chi connectivity index (χ1v) is 9.47. The van der Waals surface area contributed by atoms with E-state index in [1.54, 1.807) is 0 Å². The molecule has 1 aromatic carbocycles. The van der Waals surface area contributed by atoms with Crippen molar-refractivity contribution in [3.63, 3.8) is 0 Å². The highest BCUT2D eigenvalue weighted by atomic mass is 16.5. The average molecular weight is 354 g/mol. The quantitative estimate of drug-likeness (QED) is 0.830. The molecule has 26 heavy (non-hydrogen) atoms. The van der Waals surface area contributed by atoms with E-state index in [0.29, 0.717) is 19.6 Å². The van der Waals surface area contributed by atoms with Crippen LogP contribution in [0.25, 0.3) is 0 Å². The molecule has 1 unspecified atom stereocenters. The number of fused-ring (bicyclic) bond motifs is 1. The van der Waals surface area contributed by atoms with Crippen LogP contribution in [-0.4, -0.2) is 46.8 Å². The molecule has 1 aliphatic carbocycles. The summed E-state index contributed by atoms with van der Waals surface area (Å²) in [5.74, 6) is 0.0336. The first-order chi connectivity index (χ1) is 12.8. The lowest BCUT2D eigenvalue weighted by molar-refractivity contribution is -0.126. The predicted octanol–water partition coefficient (Wildman–Crippen LogP) is 1.81. The summed E-state index contributed by atoms with van der Waals surface area (Å²) < 4.78 is 5.80. The third kappa shape index (κ3) is 4.14. The second kappa shape index (κ2) is 8.01. The molecule has 1 atom stereocenters. The number of aromatic amines is 1. The monoisotopic (exact) mass is 354 g/mol. The van der Waals surface area contributed by atoms with Crippen molar-refractivity contribution in [2.45, 2.75) is 44.9 Å². The fourth-order valence-electron chi connectivity index (χ4n) is 3.88. The third-order valence-electron chi connectivity index (χ3n) is 5.23. The van der Waals surface area contributed by atoms with E-state index >= 15 is 0 Å². The molecule has 2 N–H and O–H groups in total. The highest BCUT2D eigenvalue weighted by Crippen LogP contribution is 2.22. The normalized spacial score (nSPS) is 20.1. The van der Waals surface area contributed by atoms with E-state index in [2.05, 4.69) is 44.7 Å². The summed E-state index contributed by atoms with van der Waals surface area (Å²) in [6, 6.07) is 10.4. The molecule has 0 saturated carbocycles. The van der Waals surface area contributed by atoms with E-state index < -0.39 is 0 Å². The van der Waals surface area contributed by atoms with Crippen LogP contribution in [0.2, 0.25) is 0 Å². The summed E-state index contributed by atoms with van der Waals surface area (Å²) in [5, 5.41) is 10.4. The predicted molar refractivity (Wildman–Crippen MR) is 98.5 cm³/mol. The van der Waals surface area contributed by atoms with Gasteiger partial charge in [-0.3, -0.25) is 14.8 Å². The average Bonchev–Trinajstić information content (AvgIpc) is 3.25. The van der Waals surface area contributed by atoms with Gasteiger partial charge in [-0.1, -0.05) is 30.3 Å². The Kier molecular flexibility index (Phi) is 5.32. The molecule has 0 spiro atoms. The summed E-state index contributed by atoms with van der Waals surface area (Å²) in [4.78, 5) is 14.7. The van der Waals surface area contributed by atoms with Gasteiger partial charge in [0.15, 0.2) is 0 Å². The molecular formula is C20H26N4O2. The van der Waals surface area contributed by atoms with Crippen molar-refractivity contribution < 1.29 is 9.53 Å². The smallest absolute Gasteiger partial charge is 0.222 e. The fourth-order valence-corrected chi connectivity index (χ4v) is 3.88. The van der Waals surface area contributed by atoms with Crippen LogP contribution in [0.15, 0.2) is 30.3 Å². The number of hydrogen-bond donors (Lipinski definition) is 2. The Morgan fingerprint density at radius 2 is 2.19 bits per heavy atom. The molecule has 0 radical (unpaired) electrons. The molecule has 1 saturated heterocycles. The molecule has 4 rings (SSSR count). The number of hydrogen-bond acceptors (Lipinski definition) is 4. The van der Waals surface area contributed by atoms with Gasteiger partial charge in [-0.15, -0.1) is 0 Å². The lowest BCUT2D eigenvalue weighted by Gasteiger charge is -2.32. The highest BCUT2D eigenvalue weighted by molar-refractivity contribution is 5.76. The Labute approximate surface area is 153 Å². The third-order valence-corrected chi connectivity index (χ3v) is 5.23. The van der Waals surface area contributed by atoms with Gasteiger partial charge in [0.1, 0.15) is 0 Å². The van der Waals surface area contributed by atoms with E-state index in [0.717, 1.165) is 38.2 Å². The molecule has 2 aliphatic rings.